The summed E-state index contributed by atoms with van der Waals surface area (Å²) in [6.07, 6.45) is 0. The van der Waals surface area contributed by atoms with Crippen molar-refractivity contribution in [2.75, 3.05) is 0 Å². The van der Waals surface area contributed by atoms with Crippen LogP contribution < -0.4 is 33.6 Å². The van der Waals surface area contributed by atoms with Gasteiger partial charge in [-0.2, -0.15) is 8.42 Å². The van der Waals surface area contributed by atoms with Gasteiger partial charge >= 0.3 is 66.7 Å². The fraction of sp³-hybridized carbons (Fsp3) is 0. The van der Waals surface area contributed by atoms with Crippen molar-refractivity contribution in [3.63, 3.8) is 0 Å². The van der Waals surface area contributed by atoms with E-state index in [1.54, 1.807) is 0 Å². The Bertz CT molecular complexity index is 194. The summed E-state index contributed by atoms with van der Waals surface area (Å²) in [6.45, 7) is 0. The molecule has 56 valence electrons. The third-order valence-electron chi connectivity index (χ3n) is 0. The van der Waals surface area contributed by atoms with Crippen molar-refractivity contribution in [1.29, 1.82) is 0 Å². The zero-order chi connectivity index (χ0) is 8.08. The van der Waals surface area contributed by atoms with E-state index in [9.17, 15) is 0 Å². The second-order valence-electron chi connectivity index (χ2n) is 0.671. The molecule has 2 N–H and O–H groups in total. The molecule has 0 rings (SSSR count). The van der Waals surface area contributed by atoms with E-state index < -0.39 is 25.8 Å². The van der Waals surface area contributed by atoms with Gasteiger partial charge in [-0.15, -0.1) is 0 Å². The minimum absolute atomic E-state index is 0. The van der Waals surface area contributed by atoms with Crippen molar-refractivity contribution in [2.45, 2.75) is 0 Å². The third-order valence-corrected chi connectivity index (χ3v) is 0. The molecule has 0 unspecified atom stereocenters. The molecular formula is H2NaO7SV. The summed E-state index contributed by atoms with van der Waals surface area (Å²) in [4.78, 5) is 0. The molecule has 0 aromatic rings. The van der Waals surface area contributed by atoms with E-state index in [1.165, 1.54) is 0 Å². The first-order chi connectivity index (χ1) is 3.73. The van der Waals surface area contributed by atoms with Crippen LogP contribution in [0.1, 0.15) is 0 Å². The first-order valence-electron chi connectivity index (χ1n) is 1.25. The maximum absolute atomic E-state index is 8.74. The van der Waals surface area contributed by atoms with E-state index in [2.05, 4.69) is 0 Å². The fourth-order valence-corrected chi connectivity index (χ4v) is 0. The molecule has 10 heteroatoms. The fourth-order valence-electron chi connectivity index (χ4n) is 0. The molecule has 0 spiro atoms. The van der Waals surface area contributed by atoms with Crippen molar-refractivity contribution in [3.8, 4) is 0 Å². The summed E-state index contributed by atoms with van der Waals surface area (Å²) in [7, 11) is -4.67. The summed E-state index contributed by atoms with van der Waals surface area (Å²) in [6, 6.07) is 0. The zero-order valence-corrected chi connectivity index (χ0v) is 9.00. The van der Waals surface area contributed by atoms with Gasteiger partial charge in [0.05, 0.1) is 0 Å². The van der Waals surface area contributed by atoms with Gasteiger partial charge in [0.25, 0.3) is 0 Å². The standard InChI is InChI=1S/Na.H2O4S.3O.V/c;1-5(2,3)4;;;;/h;(H2,1,2,3,4);;;;/q+1;;;;-1;. The summed E-state index contributed by atoms with van der Waals surface area (Å²) in [5.41, 5.74) is 0. The van der Waals surface area contributed by atoms with Gasteiger partial charge < -0.3 is 0 Å². The van der Waals surface area contributed by atoms with Gasteiger partial charge in [0, 0.05) is 0 Å². The maximum atomic E-state index is 8.74. The quantitative estimate of drug-likeness (QED) is 0.308. The second-order valence-corrected chi connectivity index (χ2v) is 2.27. The Balaban J connectivity index is -0.0000000910. The van der Waals surface area contributed by atoms with Crippen LogP contribution in [0.2, 0.25) is 0 Å². The minimum atomic E-state index is -4.67. The molecule has 0 bridgehead atoms. The molecule has 0 aliphatic carbocycles. The van der Waals surface area contributed by atoms with E-state index in [0.29, 0.717) is 0 Å². The van der Waals surface area contributed by atoms with Crippen LogP contribution in [0.3, 0.4) is 0 Å². The number of hydrogen-bond acceptors (Lipinski definition) is 5. The average Bonchev–Trinajstić information content (AvgIpc) is 1.19. The molecule has 0 amide bonds. The molecule has 0 aliphatic heterocycles. The molecule has 0 aliphatic rings. The Kier molecular flexibility index (Phi) is 14.0. The van der Waals surface area contributed by atoms with Crippen LogP contribution in [-0.2, 0) is 33.1 Å². The van der Waals surface area contributed by atoms with Gasteiger partial charge in [-0.25, -0.2) is 0 Å². The molecule has 10 heavy (non-hydrogen) atoms. The second kappa shape index (κ2) is 8.11. The van der Waals surface area contributed by atoms with Gasteiger partial charge in [-0.1, -0.05) is 0 Å². The number of rotatable bonds is 0. The van der Waals surface area contributed by atoms with E-state index in [0.717, 1.165) is 0 Å². The van der Waals surface area contributed by atoms with Crippen LogP contribution in [0.25, 0.3) is 0 Å². The first-order valence-corrected chi connectivity index (χ1v) is 4.35. The molecule has 0 saturated carbocycles. The van der Waals surface area contributed by atoms with Crippen LogP contribution in [0.15, 0.2) is 0 Å². The van der Waals surface area contributed by atoms with Crippen molar-refractivity contribution < 1.29 is 73.9 Å². The number of hydrogen-bond donors (Lipinski definition) is 2. The molecule has 0 atom stereocenters. The van der Waals surface area contributed by atoms with Crippen molar-refractivity contribution in [2.24, 2.45) is 0 Å². The van der Waals surface area contributed by atoms with Gasteiger partial charge in [0.15, 0.2) is 0 Å². The normalized spacial score (nSPS) is 8.30. The molecule has 0 fully saturated rings. The van der Waals surface area contributed by atoms with Crippen molar-refractivity contribution in [1.82, 2.24) is 0 Å². The van der Waals surface area contributed by atoms with Gasteiger partial charge in [-0.3, -0.25) is 9.11 Å². The zero-order valence-electron chi connectivity index (χ0n) is 4.79. The Hall–Kier alpha value is 1.01. The molecular weight excluding hydrogens is 218 g/mol. The molecule has 0 aromatic carbocycles. The van der Waals surface area contributed by atoms with Crippen LogP contribution in [0.4, 0.5) is 0 Å². The van der Waals surface area contributed by atoms with Crippen LogP contribution in [-0.4, -0.2) is 17.5 Å². The van der Waals surface area contributed by atoms with Crippen LogP contribution in [0, 0.1) is 0 Å². The monoisotopic (exact) mass is 220 g/mol. The molecule has 7 nitrogen and oxygen atoms in total. The first kappa shape index (κ1) is 17.2. The van der Waals surface area contributed by atoms with E-state index in [-0.39, 0.29) is 29.6 Å². The third kappa shape index (κ3) is 563. The van der Waals surface area contributed by atoms with Gasteiger partial charge in [0.2, 0.25) is 0 Å². The van der Waals surface area contributed by atoms with Gasteiger partial charge in [-0.05, 0) is 0 Å². The van der Waals surface area contributed by atoms with E-state index in [1.807, 2.05) is 0 Å². The molecule has 0 radical (unpaired) electrons. The Morgan fingerprint density at radius 3 is 1.20 bits per heavy atom. The SMILES string of the molecule is O=S(=O)(O)O.[Na+].[O]=[V](=[O])[O-]. The van der Waals surface area contributed by atoms with Gasteiger partial charge in [0.1, 0.15) is 0 Å². The van der Waals surface area contributed by atoms with Crippen molar-refractivity contribution in [3.05, 3.63) is 0 Å². The predicted octanol–water partition coefficient (Wildman–Crippen LogP) is -5.08. The summed E-state index contributed by atoms with van der Waals surface area (Å²) in [5, 5.41) is 0. The van der Waals surface area contributed by atoms with Crippen LogP contribution in [0.5, 0.6) is 0 Å². The summed E-state index contributed by atoms with van der Waals surface area (Å²) >= 11 is -3.94. The molecule has 0 heterocycles. The molecule has 0 aromatic heterocycles. The topological polar surface area (TPSA) is 132 Å². The average molecular weight is 220 g/mol. The Labute approximate surface area is 83.7 Å². The predicted molar refractivity (Wildman–Crippen MR) is 15.6 cm³/mol. The Morgan fingerprint density at radius 1 is 1.20 bits per heavy atom. The summed E-state index contributed by atoms with van der Waals surface area (Å²) < 4.78 is 57.3. The van der Waals surface area contributed by atoms with E-state index >= 15 is 0 Å². The Morgan fingerprint density at radius 2 is 1.20 bits per heavy atom. The summed E-state index contributed by atoms with van der Waals surface area (Å²) in [5.74, 6) is 0. The van der Waals surface area contributed by atoms with Crippen molar-refractivity contribution >= 4 is 10.4 Å². The molecule has 0 saturated heterocycles. The van der Waals surface area contributed by atoms with E-state index in [4.69, 9.17) is 28.9 Å². The van der Waals surface area contributed by atoms with Crippen LogP contribution >= 0.6 is 0 Å².